The standard InChI is InChI=1S/C20H29N5O4/c1-20(2,3)29-19(28)25(14-15-7-5-10-21-13-15)12-6-11-22-18(27)16-8-9-17(26)24(4)23-16/h5,7,10,13H,6,8-9,11-12,14H2,1-4H3,(H,22,27). The van der Waals surface area contributed by atoms with Crippen LogP contribution in [-0.4, -0.2) is 64.3 Å². The van der Waals surface area contributed by atoms with E-state index in [-0.39, 0.29) is 18.2 Å². The fraction of sp³-hybridized carbons (Fsp3) is 0.550. The molecule has 0 spiro atoms. The molecule has 0 aromatic carbocycles. The largest absolute Gasteiger partial charge is 0.444 e. The molecule has 1 aromatic heterocycles. The van der Waals surface area contributed by atoms with Gasteiger partial charge in [-0.2, -0.15) is 5.10 Å². The zero-order valence-electron chi connectivity index (χ0n) is 17.5. The summed E-state index contributed by atoms with van der Waals surface area (Å²) in [7, 11) is 1.53. The highest BCUT2D eigenvalue weighted by Gasteiger charge is 2.23. The number of rotatable bonds is 7. The lowest BCUT2D eigenvalue weighted by molar-refractivity contribution is -0.130. The van der Waals surface area contributed by atoms with Crippen LogP contribution in [0.4, 0.5) is 4.79 Å². The van der Waals surface area contributed by atoms with Crippen LogP contribution in [0.3, 0.4) is 0 Å². The van der Waals surface area contributed by atoms with E-state index in [0.29, 0.717) is 38.2 Å². The maximum Gasteiger partial charge on any atom is 0.410 e. The Kier molecular flexibility index (Phi) is 7.69. The van der Waals surface area contributed by atoms with Crippen molar-refractivity contribution in [2.75, 3.05) is 20.1 Å². The van der Waals surface area contributed by atoms with Gasteiger partial charge in [0.1, 0.15) is 11.3 Å². The predicted octanol–water partition coefficient (Wildman–Crippen LogP) is 1.93. The Balaban J connectivity index is 1.88. The van der Waals surface area contributed by atoms with Crippen LogP contribution in [0.2, 0.25) is 0 Å². The van der Waals surface area contributed by atoms with E-state index < -0.39 is 11.7 Å². The molecule has 0 fully saturated rings. The molecule has 158 valence electrons. The molecule has 1 aliphatic rings. The minimum absolute atomic E-state index is 0.107. The highest BCUT2D eigenvalue weighted by Crippen LogP contribution is 2.13. The fourth-order valence-electron chi connectivity index (χ4n) is 2.68. The molecule has 9 nitrogen and oxygen atoms in total. The number of hydrazone groups is 1. The van der Waals surface area contributed by atoms with Crippen molar-refractivity contribution >= 4 is 23.6 Å². The van der Waals surface area contributed by atoms with Crippen molar-refractivity contribution < 1.29 is 19.1 Å². The summed E-state index contributed by atoms with van der Waals surface area (Å²) < 4.78 is 5.49. The van der Waals surface area contributed by atoms with E-state index in [1.807, 2.05) is 32.9 Å². The Morgan fingerprint density at radius 3 is 2.69 bits per heavy atom. The predicted molar refractivity (Wildman–Crippen MR) is 108 cm³/mol. The van der Waals surface area contributed by atoms with Crippen molar-refractivity contribution in [3.8, 4) is 0 Å². The molecule has 9 heteroatoms. The molecular formula is C20H29N5O4. The van der Waals surface area contributed by atoms with Gasteiger partial charge in [-0.3, -0.25) is 14.6 Å². The summed E-state index contributed by atoms with van der Waals surface area (Å²) in [6.07, 6.45) is 4.13. The van der Waals surface area contributed by atoms with Crippen LogP contribution in [0.25, 0.3) is 0 Å². The summed E-state index contributed by atoms with van der Waals surface area (Å²) in [4.78, 5) is 41.9. The average Bonchev–Trinajstić information content (AvgIpc) is 2.65. The van der Waals surface area contributed by atoms with Crippen LogP contribution in [-0.2, 0) is 20.9 Å². The molecule has 3 amide bonds. The summed E-state index contributed by atoms with van der Waals surface area (Å²) in [5.74, 6) is -0.398. The van der Waals surface area contributed by atoms with Crippen LogP contribution >= 0.6 is 0 Å². The molecule has 0 saturated carbocycles. The van der Waals surface area contributed by atoms with Gasteiger partial charge < -0.3 is 15.0 Å². The summed E-state index contributed by atoms with van der Waals surface area (Å²) in [6.45, 7) is 6.62. The molecule has 0 atom stereocenters. The van der Waals surface area contributed by atoms with Crippen molar-refractivity contribution in [1.82, 2.24) is 20.2 Å². The van der Waals surface area contributed by atoms with E-state index in [1.165, 1.54) is 12.1 Å². The number of pyridine rings is 1. The lowest BCUT2D eigenvalue weighted by Crippen LogP contribution is -2.40. The minimum Gasteiger partial charge on any atom is -0.444 e. The van der Waals surface area contributed by atoms with Gasteiger partial charge in [0.2, 0.25) is 5.91 Å². The van der Waals surface area contributed by atoms with Crippen molar-refractivity contribution in [1.29, 1.82) is 0 Å². The molecule has 0 radical (unpaired) electrons. The van der Waals surface area contributed by atoms with Crippen LogP contribution < -0.4 is 5.32 Å². The number of carbonyl (C=O) groups is 3. The number of nitrogens with zero attached hydrogens (tertiary/aromatic N) is 4. The molecule has 0 saturated heterocycles. The Labute approximate surface area is 171 Å². The maximum atomic E-state index is 12.5. The molecule has 1 aromatic rings. The number of aromatic nitrogens is 1. The molecule has 1 N–H and O–H groups in total. The SMILES string of the molecule is CN1N=C(C(=O)NCCCN(Cc2cccnc2)C(=O)OC(C)(C)C)CCC1=O. The first-order valence-corrected chi connectivity index (χ1v) is 9.65. The monoisotopic (exact) mass is 403 g/mol. The molecule has 29 heavy (non-hydrogen) atoms. The smallest absolute Gasteiger partial charge is 0.410 e. The highest BCUT2D eigenvalue weighted by atomic mass is 16.6. The van der Waals surface area contributed by atoms with E-state index in [4.69, 9.17) is 4.74 Å². The Bertz CT molecular complexity index is 758. The van der Waals surface area contributed by atoms with Crippen LogP contribution in [0, 0.1) is 0 Å². The molecule has 0 aliphatic carbocycles. The van der Waals surface area contributed by atoms with E-state index in [0.717, 1.165) is 5.56 Å². The van der Waals surface area contributed by atoms with Gasteiger partial charge in [0.25, 0.3) is 5.91 Å². The third-order valence-electron chi connectivity index (χ3n) is 4.11. The molecule has 2 heterocycles. The molecule has 1 aliphatic heterocycles. The van der Waals surface area contributed by atoms with Gasteiger partial charge in [0.05, 0.1) is 6.54 Å². The van der Waals surface area contributed by atoms with E-state index in [2.05, 4.69) is 15.4 Å². The van der Waals surface area contributed by atoms with Crippen molar-refractivity contribution in [3.05, 3.63) is 30.1 Å². The zero-order chi connectivity index (χ0) is 21.4. The number of ether oxygens (including phenoxy) is 1. The fourth-order valence-corrected chi connectivity index (χ4v) is 2.68. The highest BCUT2D eigenvalue weighted by molar-refractivity contribution is 6.39. The third kappa shape index (κ3) is 7.52. The van der Waals surface area contributed by atoms with Crippen LogP contribution in [0.15, 0.2) is 29.6 Å². The Morgan fingerprint density at radius 1 is 1.31 bits per heavy atom. The number of amides is 3. The molecule has 0 unspecified atom stereocenters. The third-order valence-corrected chi connectivity index (χ3v) is 4.11. The maximum absolute atomic E-state index is 12.5. The lowest BCUT2D eigenvalue weighted by atomic mass is 10.1. The van der Waals surface area contributed by atoms with Crippen LogP contribution in [0.1, 0.15) is 45.6 Å². The Hall–Kier alpha value is -2.97. The summed E-state index contributed by atoms with van der Waals surface area (Å²) in [6, 6.07) is 3.71. The summed E-state index contributed by atoms with van der Waals surface area (Å²) in [5, 5.41) is 7.98. The van der Waals surface area contributed by atoms with Crippen LogP contribution in [0.5, 0.6) is 0 Å². The van der Waals surface area contributed by atoms with E-state index >= 15 is 0 Å². The molecular weight excluding hydrogens is 374 g/mol. The lowest BCUT2D eigenvalue weighted by Gasteiger charge is -2.27. The van der Waals surface area contributed by atoms with Gasteiger partial charge in [-0.05, 0) is 38.8 Å². The van der Waals surface area contributed by atoms with Gasteiger partial charge in [-0.1, -0.05) is 6.07 Å². The second-order valence-corrected chi connectivity index (χ2v) is 7.84. The van der Waals surface area contributed by atoms with E-state index in [1.54, 1.807) is 17.3 Å². The van der Waals surface area contributed by atoms with E-state index in [9.17, 15) is 14.4 Å². The first kappa shape index (κ1) is 22.3. The van der Waals surface area contributed by atoms with Gasteiger partial charge in [-0.25, -0.2) is 9.80 Å². The second-order valence-electron chi connectivity index (χ2n) is 7.84. The normalized spacial score (nSPS) is 14.3. The zero-order valence-corrected chi connectivity index (χ0v) is 17.5. The van der Waals surface area contributed by atoms with Gasteiger partial charge in [0, 0.05) is 45.4 Å². The topological polar surface area (TPSA) is 104 Å². The Morgan fingerprint density at radius 2 is 2.07 bits per heavy atom. The van der Waals surface area contributed by atoms with Gasteiger partial charge in [0.15, 0.2) is 0 Å². The first-order valence-electron chi connectivity index (χ1n) is 9.65. The average molecular weight is 403 g/mol. The second kappa shape index (κ2) is 9.99. The van der Waals surface area contributed by atoms with Crippen molar-refractivity contribution in [2.24, 2.45) is 5.10 Å². The van der Waals surface area contributed by atoms with Gasteiger partial charge >= 0.3 is 6.09 Å². The van der Waals surface area contributed by atoms with Crippen molar-refractivity contribution in [3.63, 3.8) is 0 Å². The number of hydrogen-bond acceptors (Lipinski definition) is 6. The molecule has 2 rings (SSSR count). The van der Waals surface area contributed by atoms with Gasteiger partial charge in [-0.15, -0.1) is 0 Å². The van der Waals surface area contributed by atoms with Crippen molar-refractivity contribution in [2.45, 2.75) is 52.2 Å². The number of carbonyl (C=O) groups excluding carboxylic acids is 3. The quantitative estimate of drug-likeness (QED) is 0.701. The number of hydrogen-bond donors (Lipinski definition) is 1. The number of nitrogens with one attached hydrogen (secondary N) is 1. The summed E-state index contributed by atoms with van der Waals surface area (Å²) in [5.41, 5.74) is 0.638. The minimum atomic E-state index is -0.596. The first-order chi connectivity index (χ1) is 13.7. The summed E-state index contributed by atoms with van der Waals surface area (Å²) >= 11 is 0. The molecule has 0 bridgehead atoms.